The predicted molar refractivity (Wildman–Crippen MR) is 101 cm³/mol. The number of rotatable bonds is 9. The second-order valence-electron chi connectivity index (χ2n) is 6.48. The van der Waals surface area contributed by atoms with Crippen LogP contribution in [0.1, 0.15) is 32.3 Å². The number of benzene rings is 1. The lowest BCUT2D eigenvalue weighted by Gasteiger charge is -2.30. The van der Waals surface area contributed by atoms with Crippen LogP contribution in [0.3, 0.4) is 0 Å². The van der Waals surface area contributed by atoms with Crippen LogP contribution in [0.2, 0.25) is 0 Å². The number of guanidine groups is 1. The summed E-state index contributed by atoms with van der Waals surface area (Å²) in [7, 11) is 4.89. The molecule has 6 nitrogen and oxygen atoms in total. The first kappa shape index (κ1) is 19.2. The Hall–Kier alpha value is -2.11. The molecule has 0 aromatic heterocycles. The van der Waals surface area contributed by atoms with Crippen molar-refractivity contribution in [2.75, 3.05) is 34.4 Å². The van der Waals surface area contributed by atoms with Crippen molar-refractivity contribution in [1.29, 1.82) is 0 Å². The highest BCUT2D eigenvalue weighted by atomic mass is 16.5. The molecule has 0 spiro atoms. The number of aryl methyl sites for hydroxylation is 1. The molecule has 0 radical (unpaired) electrons. The summed E-state index contributed by atoms with van der Waals surface area (Å²) < 4.78 is 16.2. The number of ether oxygens (including phenoxy) is 3. The lowest BCUT2D eigenvalue weighted by atomic mass is 9.98. The number of nitrogens with zero attached hydrogens (tertiary/aromatic N) is 2. The van der Waals surface area contributed by atoms with E-state index in [1.807, 2.05) is 12.1 Å². The molecule has 1 aromatic rings. The van der Waals surface area contributed by atoms with E-state index in [1.54, 1.807) is 21.3 Å². The third kappa shape index (κ3) is 4.30. The summed E-state index contributed by atoms with van der Waals surface area (Å²) in [5.41, 5.74) is 7.25. The molecule has 0 aliphatic carbocycles. The van der Waals surface area contributed by atoms with E-state index >= 15 is 0 Å². The molecule has 0 amide bonds. The third-order valence-corrected chi connectivity index (χ3v) is 5.02. The average Bonchev–Trinajstić information content (AvgIpc) is 3.00. The summed E-state index contributed by atoms with van der Waals surface area (Å²) in [6.07, 6.45) is 3.03. The van der Waals surface area contributed by atoms with Gasteiger partial charge < -0.3 is 24.8 Å². The van der Waals surface area contributed by atoms with E-state index in [1.165, 1.54) is 0 Å². The fourth-order valence-electron chi connectivity index (χ4n) is 3.32. The van der Waals surface area contributed by atoms with Crippen LogP contribution in [0.5, 0.6) is 17.2 Å². The summed E-state index contributed by atoms with van der Waals surface area (Å²) in [6, 6.07) is 4.44. The molecule has 25 heavy (non-hydrogen) atoms. The standard InChI is InChI=1S/C19H31N3O3/c1-6-13(2)15-12-21-19(20)22(15)9-7-8-14-10-16(23-3)18(25-5)17(11-14)24-4/h10-11,13,15H,6-9,12H2,1-5H3,(H2,20,21)/t13?,15-/m1/s1. The molecule has 6 heteroatoms. The van der Waals surface area contributed by atoms with E-state index in [2.05, 4.69) is 23.7 Å². The first-order valence-electron chi connectivity index (χ1n) is 8.91. The predicted octanol–water partition coefficient (Wildman–Crippen LogP) is 2.69. The average molecular weight is 349 g/mol. The molecule has 140 valence electrons. The first-order chi connectivity index (χ1) is 12.0. The van der Waals surface area contributed by atoms with E-state index in [0.717, 1.165) is 37.9 Å². The van der Waals surface area contributed by atoms with Crippen LogP contribution in [0, 0.1) is 5.92 Å². The maximum Gasteiger partial charge on any atom is 0.203 e. The van der Waals surface area contributed by atoms with Gasteiger partial charge in [0.1, 0.15) is 0 Å². The van der Waals surface area contributed by atoms with Gasteiger partial charge in [0.2, 0.25) is 5.75 Å². The molecule has 2 atom stereocenters. The van der Waals surface area contributed by atoms with Gasteiger partial charge in [-0.1, -0.05) is 20.3 Å². The second kappa shape index (κ2) is 8.83. The Morgan fingerprint density at radius 1 is 1.20 bits per heavy atom. The van der Waals surface area contributed by atoms with Gasteiger partial charge in [0.05, 0.1) is 33.9 Å². The monoisotopic (exact) mass is 349 g/mol. The molecule has 1 aliphatic rings. The number of hydrogen-bond acceptors (Lipinski definition) is 6. The summed E-state index contributed by atoms with van der Waals surface area (Å²) in [5.74, 6) is 3.27. The highest BCUT2D eigenvalue weighted by molar-refractivity contribution is 5.80. The number of aliphatic imine (C=N–C) groups is 1. The molecular formula is C19H31N3O3. The molecule has 1 heterocycles. The third-order valence-electron chi connectivity index (χ3n) is 5.02. The SMILES string of the molecule is CCC(C)[C@H]1CN=C(N)N1CCCc1cc(OC)c(OC)c(OC)c1. The minimum absolute atomic E-state index is 0.421. The normalized spacial score (nSPS) is 18.0. The van der Waals surface area contributed by atoms with Crippen molar-refractivity contribution >= 4 is 5.96 Å². The summed E-state index contributed by atoms with van der Waals surface area (Å²) >= 11 is 0. The maximum absolute atomic E-state index is 6.09. The van der Waals surface area contributed by atoms with Crippen LogP contribution in [-0.2, 0) is 6.42 Å². The van der Waals surface area contributed by atoms with Gasteiger partial charge in [-0.3, -0.25) is 4.99 Å². The Labute approximate surface area is 151 Å². The van der Waals surface area contributed by atoms with Crippen LogP contribution in [0.25, 0.3) is 0 Å². The molecule has 0 saturated heterocycles. The Morgan fingerprint density at radius 3 is 2.36 bits per heavy atom. The van der Waals surface area contributed by atoms with Crippen LogP contribution >= 0.6 is 0 Å². The van der Waals surface area contributed by atoms with Crippen molar-refractivity contribution in [1.82, 2.24) is 4.90 Å². The topological polar surface area (TPSA) is 69.3 Å². The number of nitrogens with two attached hydrogens (primary N) is 1. The molecule has 2 N–H and O–H groups in total. The molecule has 0 fully saturated rings. The van der Waals surface area contributed by atoms with Crippen LogP contribution in [0.4, 0.5) is 0 Å². The van der Waals surface area contributed by atoms with E-state index in [-0.39, 0.29) is 0 Å². The van der Waals surface area contributed by atoms with E-state index in [0.29, 0.717) is 35.2 Å². The fraction of sp³-hybridized carbons (Fsp3) is 0.632. The highest BCUT2D eigenvalue weighted by Crippen LogP contribution is 2.38. The van der Waals surface area contributed by atoms with E-state index in [4.69, 9.17) is 19.9 Å². The fourth-order valence-corrected chi connectivity index (χ4v) is 3.32. The summed E-state index contributed by atoms with van der Waals surface area (Å²) in [6.45, 7) is 6.20. The Balaban J connectivity index is 2.02. The second-order valence-corrected chi connectivity index (χ2v) is 6.48. The van der Waals surface area contributed by atoms with Gasteiger partial charge in [-0.05, 0) is 36.5 Å². The van der Waals surface area contributed by atoms with Gasteiger partial charge in [-0.2, -0.15) is 0 Å². The Bertz CT molecular complexity index is 579. The summed E-state index contributed by atoms with van der Waals surface area (Å²) in [4.78, 5) is 6.69. The quantitative estimate of drug-likeness (QED) is 0.742. The van der Waals surface area contributed by atoms with E-state index in [9.17, 15) is 0 Å². The van der Waals surface area contributed by atoms with Crippen molar-refractivity contribution in [3.05, 3.63) is 17.7 Å². The molecule has 0 bridgehead atoms. The van der Waals surface area contributed by atoms with Crippen molar-refractivity contribution in [2.24, 2.45) is 16.6 Å². The zero-order valence-corrected chi connectivity index (χ0v) is 16.0. The van der Waals surface area contributed by atoms with Gasteiger partial charge in [0.25, 0.3) is 0 Å². The Kier molecular flexibility index (Phi) is 6.79. The van der Waals surface area contributed by atoms with Crippen LogP contribution in [-0.4, -0.2) is 51.3 Å². The maximum atomic E-state index is 6.09. The number of methoxy groups -OCH3 is 3. The molecule has 1 aliphatic heterocycles. The number of hydrogen-bond donors (Lipinski definition) is 1. The van der Waals surface area contributed by atoms with Crippen LogP contribution < -0.4 is 19.9 Å². The first-order valence-corrected chi connectivity index (χ1v) is 8.91. The zero-order chi connectivity index (χ0) is 18.4. The van der Waals surface area contributed by atoms with Gasteiger partial charge in [-0.25, -0.2) is 0 Å². The minimum Gasteiger partial charge on any atom is -0.493 e. The van der Waals surface area contributed by atoms with Gasteiger partial charge in [0, 0.05) is 6.54 Å². The largest absolute Gasteiger partial charge is 0.493 e. The van der Waals surface area contributed by atoms with Crippen LogP contribution in [0.15, 0.2) is 17.1 Å². The molecular weight excluding hydrogens is 318 g/mol. The molecule has 0 saturated carbocycles. The lowest BCUT2D eigenvalue weighted by Crippen LogP contribution is -2.44. The highest BCUT2D eigenvalue weighted by Gasteiger charge is 2.29. The zero-order valence-electron chi connectivity index (χ0n) is 16.0. The van der Waals surface area contributed by atoms with Gasteiger partial charge in [-0.15, -0.1) is 0 Å². The Morgan fingerprint density at radius 2 is 1.84 bits per heavy atom. The van der Waals surface area contributed by atoms with Gasteiger partial charge >= 0.3 is 0 Å². The lowest BCUT2D eigenvalue weighted by molar-refractivity contribution is 0.254. The van der Waals surface area contributed by atoms with Crippen molar-refractivity contribution in [3.63, 3.8) is 0 Å². The van der Waals surface area contributed by atoms with E-state index < -0.39 is 0 Å². The minimum atomic E-state index is 0.421. The van der Waals surface area contributed by atoms with Crippen molar-refractivity contribution < 1.29 is 14.2 Å². The smallest absolute Gasteiger partial charge is 0.203 e. The summed E-state index contributed by atoms with van der Waals surface area (Å²) in [5, 5.41) is 0. The van der Waals surface area contributed by atoms with Gasteiger partial charge in [0.15, 0.2) is 17.5 Å². The molecule has 1 unspecified atom stereocenters. The molecule has 1 aromatic carbocycles. The molecule has 2 rings (SSSR count). The van der Waals surface area contributed by atoms with Crippen molar-refractivity contribution in [3.8, 4) is 17.2 Å². The van der Waals surface area contributed by atoms with Crippen molar-refractivity contribution in [2.45, 2.75) is 39.2 Å².